The molecular weight excluding hydrogens is 460 g/mol. The van der Waals surface area contributed by atoms with Crippen molar-refractivity contribution in [1.29, 1.82) is 0 Å². The normalized spacial score (nSPS) is 15.4. The Hall–Kier alpha value is -1.35. The van der Waals surface area contributed by atoms with Crippen molar-refractivity contribution in [3.05, 3.63) is 52.5 Å². The minimum atomic E-state index is -3.52. The molecule has 1 aliphatic rings. The number of aryl methyl sites for hydroxylation is 1. The van der Waals surface area contributed by atoms with Crippen LogP contribution in [0, 0.1) is 6.92 Å². The smallest absolute Gasteiger partial charge is 0.243 e. The lowest BCUT2D eigenvalue weighted by Crippen LogP contribution is -2.35. The monoisotopic (exact) mass is 482 g/mol. The molecule has 1 N–H and O–H groups in total. The zero-order valence-corrected chi connectivity index (χ0v) is 18.9. The van der Waals surface area contributed by atoms with Crippen LogP contribution in [0.25, 0.3) is 0 Å². The summed E-state index contributed by atoms with van der Waals surface area (Å²) < 4.78 is 28.3. The number of hydrogen-bond acceptors (Lipinski definition) is 4. The second kappa shape index (κ2) is 9.43. The number of hydrogen-bond donors (Lipinski definition) is 1. The van der Waals surface area contributed by atoms with E-state index in [4.69, 9.17) is 0 Å². The zero-order chi connectivity index (χ0) is 20.1. The number of amides is 1. The lowest BCUT2D eigenvalue weighted by molar-refractivity contribution is -0.113. The van der Waals surface area contributed by atoms with E-state index in [0.29, 0.717) is 18.8 Å². The van der Waals surface area contributed by atoms with Crippen molar-refractivity contribution in [2.24, 2.45) is 0 Å². The van der Waals surface area contributed by atoms with Crippen LogP contribution in [0.4, 0.5) is 5.69 Å². The predicted molar refractivity (Wildman–Crippen MR) is 117 cm³/mol. The summed E-state index contributed by atoms with van der Waals surface area (Å²) in [6.45, 7) is 2.97. The Bertz CT molecular complexity index is 940. The Morgan fingerprint density at radius 2 is 1.79 bits per heavy atom. The van der Waals surface area contributed by atoms with Crippen LogP contribution in [0.5, 0.6) is 0 Å². The Kier molecular flexibility index (Phi) is 7.20. The first-order valence-electron chi connectivity index (χ1n) is 9.15. The van der Waals surface area contributed by atoms with Crippen molar-refractivity contribution in [2.75, 3.05) is 24.2 Å². The number of carbonyl (C=O) groups excluding carboxylic acids is 1. The van der Waals surface area contributed by atoms with Crippen molar-refractivity contribution in [3.8, 4) is 0 Å². The van der Waals surface area contributed by atoms with Gasteiger partial charge in [-0.25, -0.2) is 8.42 Å². The second-order valence-corrected chi connectivity index (χ2v) is 10.6. The number of sulfonamides is 1. The molecule has 0 aliphatic carbocycles. The quantitative estimate of drug-likeness (QED) is 0.607. The standard InChI is InChI=1S/C20H23BrN2O3S2/c1-15-5-10-18(28(25,26)23-11-3-2-4-12-23)13-19(15)22-20(24)14-27-17-8-6-16(21)7-9-17/h5-10,13H,2-4,11-12,14H2,1H3,(H,22,24). The van der Waals surface area contributed by atoms with Crippen molar-refractivity contribution in [1.82, 2.24) is 4.31 Å². The molecule has 1 amide bonds. The summed E-state index contributed by atoms with van der Waals surface area (Å²) in [4.78, 5) is 13.6. The van der Waals surface area contributed by atoms with Gasteiger partial charge in [-0.1, -0.05) is 28.4 Å². The predicted octanol–water partition coefficient (Wildman–Crippen LogP) is 4.66. The average Bonchev–Trinajstić information content (AvgIpc) is 2.70. The fourth-order valence-corrected chi connectivity index (χ4v) is 5.52. The van der Waals surface area contributed by atoms with E-state index in [1.54, 1.807) is 18.2 Å². The van der Waals surface area contributed by atoms with Crippen molar-refractivity contribution in [2.45, 2.75) is 36.0 Å². The Labute approximate surface area is 179 Å². The fourth-order valence-electron chi connectivity index (χ4n) is 3.02. The van der Waals surface area contributed by atoms with Crippen LogP contribution >= 0.6 is 27.7 Å². The summed E-state index contributed by atoms with van der Waals surface area (Å²) in [7, 11) is -3.52. The van der Waals surface area contributed by atoms with Crippen LogP contribution in [0.2, 0.25) is 0 Å². The summed E-state index contributed by atoms with van der Waals surface area (Å²) in [6, 6.07) is 12.7. The van der Waals surface area contributed by atoms with Gasteiger partial charge in [-0.05, 0) is 61.7 Å². The van der Waals surface area contributed by atoms with E-state index in [2.05, 4.69) is 21.2 Å². The molecule has 2 aromatic carbocycles. The van der Waals surface area contributed by atoms with Gasteiger partial charge in [0.05, 0.1) is 10.6 Å². The number of anilines is 1. The van der Waals surface area contributed by atoms with Gasteiger partial charge >= 0.3 is 0 Å². The van der Waals surface area contributed by atoms with Gasteiger partial charge in [0.1, 0.15) is 0 Å². The largest absolute Gasteiger partial charge is 0.325 e. The second-order valence-electron chi connectivity index (χ2n) is 6.73. The highest BCUT2D eigenvalue weighted by Crippen LogP contribution is 2.26. The van der Waals surface area contributed by atoms with Gasteiger partial charge in [-0.2, -0.15) is 4.31 Å². The molecule has 2 aromatic rings. The van der Waals surface area contributed by atoms with Gasteiger partial charge in [0.2, 0.25) is 15.9 Å². The maximum absolute atomic E-state index is 12.9. The highest BCUT2D eigenvalue weighted by atomic mass is 79.9. The SMILES string of the molecule is Cc1ccc(S(=O)(=O)N2CCCCC2)cc1NC(=O)CSc1ccc(Br)cc1. The molecule has 150 valence electrons. The minimum absolute atomic E-state index is 0.163. The maximum atomic E-state index is 12.9. The first-order chi connectivity index (χ1) is 13.4. The van der Waals surface area contributed by atoms with Gasteiger partial charge in [0.25, 0.3) is 0 Å². The van der Waals surface area contributed by atoms with E-state index in [1.165, 1.54) is 16.1 Å². The number of benzene rings is 2. The number of nitrogens with one attached hydrogen (secondary N) is 1. The Morgan fingerprint density at radius 1 is 1.11 bits per heavy atom. The molecule has 5 nitrogen and oxygen atoms in total. The molecular formula is C20H23BrN2O3S2. The molecule has 1 heterocycles. The van der Waals surface area contributed by atoms with Gasteiger partial charge in [0.15, 0.2) is 0 Å². The topological polar surface area (TPSA) is 66.5 Å². The van der Waals surface area contributed by atoms with E-state index in [0.717, 1.165) is 34.2 Å². The maximum Gasteiger partial charge on any atom is 0.243 e. The van der Waals surface area contributed by atoms with Gasteiger partial charge < -0.3 is 5.32 Å². The molecule has 0 atom stereocenters. The lowest BCUT2D eigenvalue weighted by atomic mass is 10.2. The highest BCUT2D eigenvalue weighted by Gasteiger charge is 2.26. The number of carbonyl (C=O) groups is 1. The Morgan fingerprint density at radius 3 is 2.46 bits per heavy atom. The van der Waals surface area contributed by atoms with Crippen LogP contribution in [0.15, 0.2) is 56.7 Å². The molecule has 0 saturated carbocycles. The summed E-state index contributed by atoms with van der Waals surface area (Å²) in [5.74, 6) is 0.0908. The molecule has 0 radical (unpaired) electrons. The summed E-state index contributed by atoms with van der Waals surface area (Å²) in [5, 5.41) is 2.86. The molecule has 1 saturated heterocycles. The number of nitrogens with zero attached hydrogens (tertiary/aromatic N) is 1. The number of piperidine rings is 1. The zero-order valence-electron chi connectivity index (χ0n) is 15.7. The number of halogens is 1. The van der Waals surface area contributed by atoms with Crippen LogP contribution in [0.1, 0.15) is 24.8 Å². The summed E-state index contributed by atoms with van der Waals surface area (Å²) in [5.41, 5.74) is 1.37. The van der Waals surface area contributed by atoms with Crippen LogP contribution < -0.4 is 5.32 Å². The van der Waals surface area contributed by atoms with E-state index >= 15 is 0 Å². The van der Waals surface area contributed by atoms with E-state index < -0.39 is 10.0 Å². The molecule has 1 fully saturated rings. The number of thioether (sulfide) groups is 1. The van der Waals surface area contributed by atoms with Crippen molar-refractivity contribution in [3.63, 3.8) is 0 Å². The average molecular weight is 483 g/mol. The molecule has 0 spiro atoms. The van der Waals surface area contributed by atoms with Gasteiger partial charge in [-0.3, -0.25) is 4.79 Å². The molecule has 0 aromatic heterocycles. The van der Waals surface area contributed by atoms with E-state index in [1.807, 2.05) is 31.2 Å². The number of rotatable bonds is 6. The molecule has 28 heavy (non-hydrogen) atoms. The molecule has 3 rings (SSSR count). The lowest BCUT2D eigenvalue weighted by Gasteiger charge is -2.26. The highest BCUT2D eigenvalue weighted by molar-refractivity contribution is 9.10. The molecule has 0 unspecified atom stereocenters. The van der Waals surface area contributed by atoms with Gasteiger partial charge in [0, 0.05) is 28.1 Å². The van der Waals surface area contributed by atoms with Crippen LogP contribution in [-0.2, 0) is 14.8 Å². The first-order valence-corrected chi connectivity index (χ1v) is 12.4. The molecule has 8 heteroatoms. The third-order valence-corrected chi connectivity index (χ3v) is 8.05. The summed E-state index contributed by atoms with van der Waals surface area (Å²) in [6.07, 6.45) is 2.85. The van der Waals surface area contributed by atoms with Crippen molar-refractivity contribution < 1.29 is 13.2 Å². The Balaban J connectivity index is 1.68. The van der Waals surface area contributed by atoms with Crippen LogP contribution in [-0.4, -0.2) is 37.5 Å². The van der Waals surface area contributed by atoms with Gasteiger partial charge in [-0.15, -0.1) is 11.8 Å². The third kappa shape index (κ3) is 5.37. The van der Waals surface area contributed by atoms with Crippen molar-refractivity contribution >= 4 is 49.3 Å². The molecule has 1 aliphatic heterocycles. The van der Waals surface area contributed by atoms with E-state index in [-0.39, 0.29) is 16.6 Å². The van der Waals surface area contributed by atoms with Crippen LogP contribution in [0.3, 0.4) is 0 Å². The minimum Gasteiger partial charge on any atom is -0.325 e. The third-order valence-electron chi connectivity index (χ3n) is 4.62. The summed E-state index contributed by atoms with van der Waals surface area (Å²) >= 11 is 4.82. The first kappa shape index (κ1) is 21.4. The van der Waals surface area contributed by atoms with E-state index in [9.17, 15) is 13.2 Å². The molecule has 0 bridgehead atoms. The fraction of sp³-hybridized carbons (Fsp3) is 0.350.